The van der Waals surface area contributed by atoms with Crippen molar-refractivity contribution >= 4 is 8.07 Å². The van der Waals surface area contributed by atoms with Crippen molar-refractivity contribution in [3.63, 3.8) is 0 Å². The van der Waals surface area contributed by atoms with Gasteiger partial charge in [0.15, 0.2) is 0 Å². The van der Waals surface area contributed by atoms with Crippen LogP contribution in [0.5, 0.6) is 0 Å². The zero-order valence-electron chi connectivity index (χ0n) is 19.4. The van der Waals surface area contributed by atoms with Gasteiger partial charge in [0.05, 0.1) is 17.3 Å². The molecule has 1 aromatic heterocycles. The van der Waals surface area contributed by atoms with Gasteiger partial charge < -0.3 is 0 Å². The maximum atomic E-state index is 8.90. The molecule has 0 aliphatic rings. The van der Waals surface area contributed by atoms with Gasteiger partial charge in [-0.25, -0.2) is 0 Å². The highest BCUT2D eigenvalue weighted by Crippen LogP contribution is 2.22. The van der Waals surface area contributed by atoms with Crippen LogP contribution in [0.15, 0.2) is 42.6 Å². The molecule has 0 saturated heterocycles. The van der Waals surface area contributed by atoms with Crippen molar-refractivity contribution in [2.75, 3.05) is 0 Å². The standard InChI is InChI=1S/C27H40N2Si/c1-4-5-20-30(2,3)21-12-10-8-6-7-9-11-13-25-16-19-27(29-23-25)26-17-14-24(22-28)15-18-26/h14-19,23H,4-13,20-21H2,1-3H3. The van der Waals surface area contributed by atoms with Gasteiger partial charge in [-0.05, 0) is 36.6 Å². The van der Waals surface area contributed by atoms with Gasteiger partial charge in [0.1, 0.15) is 0 Å². The number of rotatable bonds is 14. The second-order valence-electron chi connectivity index (χ2n) is 9.48. The topological polar surface area (TPSA) is 36.7 Å². The highest BCUT2D eigenvalue weighted by molar-refractivity contribution is 6.77. The predicted octanol–water partition coefficient (Wildman–Crippen LogP) is 8.40. The zero-order chi connectivity index (χ0) is 21.7. The molecular formula is C27H40N2Si. The van der Waals surface area contributed by atoms with Crippen LogP contribution < -0.4 is 0 Å². The first-order chi connectivity index (χ1) is 14.5. The number of pyridine rings is 1. The van der Waals surface area contributed by atoms with Gasteiger partial charge in [-0.15, -0.1) is 0 Å². The molecule has 0 unspecified atom stereocenters. The summed E-state index contributed by atoms with van der Waals surface area (Å²) in [5.41, 5.74) is 4.06. The molecule has 30 heavy (non-hydrogen) atoms. The van der Waals surface area contributed by atoms with E-state index in [1.807, 2.05) is 30.5 Å². The maximum Gasteiger partial charge on any atom is 0.0991 e. The number of hydrogen-bond donors (Lipinski definition) is 0. The van der Waals surface area contributed by atoms with E-state index in [0.29, 0.717) is 5.56 Å². The zero-order valence-corrected chi connectivity index (χ0v) is 20.4. The Bertz CT molecular complexity index is 757. The molecular weight excluding hydrogens is 380 g/mol. The van der Waals surface area contributed by atoms with Crippen molar-refractivity contribution in [1.82, 2.24) is 4.98 Å². The summed E-state index contributed by atoms with van der Waals surface area (Å²) in [6.07, 6.45) is 15.6. The van der Waals surface area contributed by atoms with Gasteiger partial charge in [-0.2, -0.15) is 5.26 Å². The van der Waals surface area contributed by atoms with E-state index >= 15 is 0 Å². The van der Waals surface area contributed by atoms with Crippen LogP contribution in [0.4, 0.5) is 0 Å². The first kappa shape index (κ1) is 24.3. The van der Waals surface area contributed by atoms with Crippen LogP contribution in [-0.2, 0) is 6.42 Å². The molecule has 0 fully saturated rings. The van der Waals surface area contributed by atoms with E-state index < -0.39 is 8.07 Å². The minimum Gasteiger partial charge on any atom is -0.256 e. The lowest BCUT2D eigenvalue weighted by molar-refractivity contribution is 0.587. The number of hydrogen-bond acceptors (Lipinski definition) is 2. The summed E-state index contributed by atoms with van der Waals surface area (Å²) >= 11 is 0. The Morgan fingerprint density at radius 3 is 2.03 bits per heavy atom. The molecule has 1 aromatic carbocycles. The molecule has 0 aliphatic carbocycles. The van der Waals surface area contributed by atoms with Gasteiger partial charge in [0, 0.05) is 19.8 Å². The second-order valence-corrected chi connectivity index (χ2v) is 14.8. The molecule has 0 spiro atoms. The van der Waals surface area contributed by atoms with Crippen LogP contribution in [0, 0.1) is 11.3 Å². The molecule has 0 radical (unpaired) electrons. The number of benzene rings is 1. The largest absolute Gasteiger partial charge is 0.256 e. The summed E-state index contributed by atoms with van der Waals surface area (Å²) in [5, 5.41) is 8.90. The number of unbranched alkanes of at least 4 members (excludes halogenated alkanes) is 7. The molecule has 0 saturated carbocycles. The van der Waals surface area contributed by atoms with Gasteiger partial charge in [-0.3, -0.25) is 4.98 Å². The molecule has 2 rings (SSSR count). The average molecular weight is 421 g/mol. The molecule has 0 amide bonds. The van der Waals surface area contributed by atoms with Gasteiger partial charge in [0.2, 0.25) is 0 Å². The third kappa shape index (κ3) is 9.26. The molecule has 2 nitrogen and oxygen atoms in total. The van der Waals surface area contributed by atoms with Crippen LogP contribution in [0.25, 0.3) is 11.3 Å². The summed E-state index contributed by atoms with van der Waals surface area (Å²) in [6, 6.07) is 17.1. The molecule has 1 heterocycles. The smallest absolute Gasteiger partial charge is 0.0991 e. The van der Waals surface area contributed by atoms with Crippen molar-refractivity contribution in [1.29, 1.82) is 5.26 Å². The summed E-state index contributed by atoms with van der Waals surface area (Å²) in [5.74, 6) is 0. The Hall–Kier alpha value is -1.92. The molecule has 2 aromatic rings. The van der Waals surface area contributed by atoms with Crippen molar-refractivity contribution in [2.24, 2.45) is 0 Å². The van der Waals surface area contributed by atoms with Crippen LogP contribution >= 0.6 is 0 Å². The molecule has 0 aliphatic heterocycles. The lowest BCUT2D eigenvalue weighted by Crippen LogP contribution is -2.24. The molecule has 0 N–H and O–H groups in total. The lowest BCUT2D eigenvalue weighted by atomic mass is 10.0. The van der Waals surface area contributed by atoms with Crippen LogP contribution in [0.2, 0.25) is 25.2 Å². The highest BCUT2D eigenvalue weighted by atomic mass is 28.3. The predicted molar refractivity (Wildman–Crippen MR) is 132 cm³/mol. The Balaban J connectivity index is 1.55. The summed E-state index contributed by atoms with van der Waals surface area (Å²) in [6.45, 7) is 7.47. The summed E-state index contributed by atoms with van der Waals surface area (Å²) in [7, 11) is -0.892. The van der Waals surface area contributed by atoms with Crippen molar-refractivity contribution < 1.29 is 0 Å². The Labute approximate surface area is 185 Å². The molecule has 162 valence electrons. The maximum absolute atomic E-state index is 8.90. The number of aryl methyl sites for hydroxylation is 1. The summed E-state index contributed by atoms with van der Waals surface area (Å²) < 4.78 is 0. The van der Waals surface area contributed by atoms with Gasteiger partial charge in [0.25, 0.3) is 0 Å². The van der Waals surface area contributed by atoms with Crippen molar-refractivity contribution in [2.45, 2.75) is 96.3 Å². The minimum atomic E-state index is -0.892. The van der Waals surface area contributed by atoms with Crippen molar-refractivity contribution in [3.8, 4) is 17.3 Å². The second kappa shape index (κ2) is 13.4. The normalized spacial score (nSPS) is 11.4. The quantitative estimate of drug-likeness (QED) is 0.227. The number of nitrogens with zero attached hydrogens (tertiary/aromatic N) is 2. The van der Waals surface area contributed by atoms with Crippen LogP contribution in [0.3, 0.4) is 0 Å². The van der Waals surface area contributed by atoms with E-state index in [-0.39, 0.29) is 0 Å². The highest BCUT2D eigenvalue weighted by Gasteiger charge is 2.18. The molecule has 0 bridgehead atoms. The SMILES string of the molecule is CCCC[Si](C)(C)CCCCCCCCCc1ccc(-c2ccc(C#N)cc2)nc1. The van der Waals surface area contributed by atoms with E-state index in [1.54, 1.807) is 0 Å². The number of nitriles is 1. The van der Waals surface area contributed by atoms with E-state index in [0.717, 1.165) is 17.7 Å². The van der Waals surface area contributed by atoms with E-state index in [4.69, 9.17) is 5.26 Å². The molecule has 0 atom stereocenters. The Morgan fingerprint density at radius 1 is 0.800 bits per heavy atom. The van der Waals surface area contributed by atoms with Crippen LogP contribution in [-0.4, -0.2) is 13.1 Å². The van der Waals surface area contributed by atoms with E-state index in [9.17, 15) is 0 Å². The summed E-state index contributed by atoms with van der Waals surface area (Å²) in [4.78, 5) is 4.61. The first-order valence-corrected chi connectivity index (χ1v) is 15.4. The van der Waals surface area contributed by atoms with Crippen molar-refractivity contribution in [3.05, 3.63) is 53.7 Å². The fourth-order valence-electron chi connectivity index (χ4n) is 4.06. The third-order valence-electron chi connectivity index (χ3n) is 6.16. The first-order valence-electron chi connectivity index (χ1n) is 12.0. The minimum absolute atomic E-state index is 0.688. The Morgan fingerprint density at radius 2 is 1.43 bits per heavy atom. The fraction of sp³-hybridized carbons (Fsp3) is 0.556. The average Bonchev–Trinajstić information content (AvgIpc) is 2.77. The van der Waals surface area contributed by atoms with Gasteiger partial charge in [-0.1, -0.05) is 102 Å². The third-order valence-corrected chi connectivity index (χ3v) is 9.57. The number of aromatic nitrogens is 1. The van der Waals surface area contributed by atoms with E-state index in [1.165, 1.54) is 75.4 Å². The van der Waals surface area contributed by atoms with Crippen LogP contribution in [0.1, 0.15) is 75.8 Å². The van der Waals surface area contributed by atoms with Gasteiger partial charge >= 0.3 is 0 Å². The lowest BCUT2D eigenvalue weighted by Gasteiger charge is -2.21. The Kier molecular flexibility index (Phi) is 10.9. The van der Waals surface area contributed by atoms with E-state index in [2.05, 4.69) is 43.2 Å². The fourth-order valence-corrected chi connectivity index (χ4v) is 6.82. The molecule has 3 heteroatoms. The monoisotopic (exact) mass is 420 g/mol.